The fourth-order valence-corrected chi connectivity index (χ4v) is 2.05. The van der Waals surface area contributed by atoms with E-state index in [0.717, 1.165) is 11.6 Å². The van der Waals surface area contributed by atoms with E-state index in [-0.39, 0.29) is 11.6 Å². The molecular formula is C13H15F3N2. The van der Waals surface area contributed by atoms with Crippen LogP contribution in [0.5, 0.6) is 0 Å². The smallest absolute Gasteiger partial charge is 0.360 e. The molecule has 0 bridgehead atoms. The first-order chi connectivity index (χ1) is 8.43. The van der Waals surface area contributed by atoms with Crippen LogP contribution in [0.1, 0.15) is 18.1 Å². The molecular weight excluding hydrogens is 241 g/mol. The van der Waals surface area contributed by atoms with Gasteiger partial charge in [-0.25, -0.2) is 0 Å². The van der Waals surface area contributed by atoms with Crippen LogP contribution in [-0.4, -0.2) is 18.1 Å². The summed E-state index contributed by atoms with van der Waals surface area (Å²) in [5.74, 6) is 0. The van der Waals surface area contributed by atoms with Crippen molar-refractivity contribution in [1.29, 1.82) is 0 Å². The number of rotatable bonds is 3. The van der Waals surface area contributed by atoms with Crippen LogP contribution in [0.2, 0.25) is 0 Å². The van der Waals surface area contributed by atoms with Gasteiger partial charge in [0.15, 0.2) is 0 Å². The zero-order chi connectivity index (χ0) is 13.3. The molecule has 0 fully saturated rings. The molecule has 5 heteroatoms. The number of hydrogen-bond acceptors (Lipinski definition) is 1. The zero-order valence-electron chi connectivity index (χ0n) is 10.2. The first-order valence-electron chi connectivity index (χ1n) is 5.77. The molecule has 0 spiro atoms. The Labute approximate surface area is 103 Å². The summed E-state index contributed by atoms with van der Waals surface area (Å²) in [5, 5.41) is 3.72. The second-order valence-electron chi connectivity index (χ2n) is 4.43. The second kappa shape index (κ2) is 4.65. The molecule has 18 heavy (non-hydrogen) atoms. The van der Waals surface area contributed by atoms with Crippen LogP contribution in [-0.2, 0) is 12.6 Å². The quantitative estimate of drug-likeness (QED) is 0.866. The summed E-state index contributed by atoms with van der Waals surface area (Å²) in [6.07, 6.45) is -1.97. The monoisotopic (exact) mass is 256 g/mol. The lowest BCUT2D eigenvalue weighted by Gasteiger charge is -2.10. The molecule has 1 heterocycles. The average molecular weight is 256 g/mol. The molecule has 1 aromatic carbocycles. The van der Waals surface area contributed by atoms with Crippen molar-refractivity contribution in [2.75, 3.05) is 7.05 Å². The lowest BCUT2D eigenvalue weighted by Crippen LogP contribution is -2.23. The maximum atomic E-state index is 12.8. The van der Waals surface area contributed by atoms with Gasteiger partial charge in [0.25, 0.3) is 0 Å². The van der Waals surface area contributed by atoms with E-state index in [1.165, 1.54) is 6.07 Å². The van der Waals surface area contributed by atoms with Crippen molar-refractivity contribution in [3.8, 4) is 0 Å². The van der Waals surface area contributed by atoms with Crippen LogP contribution in [0.4, 0.5) is 13.2 Å². The number of aromatic nitrogens is 1. The molecule has 2 N–H and O–H groups in total. The second-order valence-corrected chi connectivity index (χ2v) is 4.43. The van der Waals surface area contributed by atoms with E-state index in [2.05, 4.69) is 10.3 Å². The molecule has 1 atom stereocenters. The van der Waals surface area contributed by atoms with Gasteiger partial charge in [0.2, 0.25) is 0 Å². The molecule has 98 valence electrons. The highest BCUT2D eigenvalue weighted by molar-refractivity contribution is 5.86. The molecule has 0 saturated carbocycles. The van der Waals surface area contributed by atoms with E-state index in [1.54, 1.807) is 12.3 Å². The van der Waals surface area contributed by atoms with Crippen LogP contribution in [0.15, 0.2) is 24.4 Å². The van der Waals surface area contributed by atoms with Gasteiger partial charge in [0.05, 0.1) is 11.1 Å². The zero-order valence-corrected chi connectivity index (χ0v) is 10.2. The summed E-state index contributed by atoms with van der Waals surface area (Å²) < 4.78 is 38.5. The highest BCUT2D eigenvalue weighted by Gasteiger charge is 2.33. The molecule has 2 nitrogen and oxygen atoms in total. The number of halogens is 3. The Bertz CT molecular complexity index is 543. The highest BCUT2D eigenvalue weighted by atomic mass is 19.4. The summed E-state index contributed by atoms with van der Waals surface area (Å²) in [6, 6.07) is 4.49. The molecule has 0 saturated heterocycles. The topological polar surface area (TPSA) is 27.8 Å². The Kier molecular flexibility index (Phi) is 3.34. The SMILES string of the molecule is CNC(C)Cc1c[nH]c2c(C(F)(F)F)cccc12. The molecule has 1 unspecified atom stereocenters. The largest absolute Gasteiger partial charge is 0.418 e. The summed E-state index contributed by atoms with van der Waals surface area (Å²) >= 11 is 0. The fraction of sp³-hybridized carbons (Fsp3) is 0.385. The summed E-state index contributed by atoms with van der Waals surface area (Å²) in [7, 11) is 1.83. The average Bonchev–Trinajstić information content (AvgIpc) is 2.71. The van der Waals surface area contributed by atoms with Crippen molar-refractivity contribution >= 4 is 10.9 Å². The summed E-state index contributed by atoms with van der Waals surface area (Å²) in [4.78, 5) is 2.74. The van der Waals surface area contributed by atoms with E-state index >= 15 is 0 Å². The van der Waals surface area contributed by atoms with Crippen LogP contribution >= 0.6 is 0 Å². The van der Waals surface area contributed by atoms with Gasteiger partial charge in [-0.3, -0.25) is 0 Å². The number of alkyl halides is 3. The molecule has 0 radical (unpaired) electrons. The van der Waals surface area contributed by atoms with Crippen LogP contribution < -0.4 is 5.32 Å². The Morgan fingerprint density at radius 2 is 2.06 bits per heavy atom. The van der Waals surface area contributed by atoms with Crippen LogP contribution in [0.25, 0.3) is 10.9 Å². The number of nitrogens with one attached hydrogen (secondary N) is 2. The molecule has 0 aliphatic carbocycles. The van der Waals surface area contributed by atoms with Gasteiger partial charge in [-0.1, -0.05) is 12.1 Å². The molecule has 0 amide bonds. The molecule has 1 aromatic heterocycles. The normalized spacial score (nSPS) is 14.1. The Morgan fingerprint density at radius 3 is 2.67 bits per heavy atom. The third-order valence-electron chi connectivity index (χ3n) is 3.13. The number of benzene rings is 1. The first kappa shape index (κ1) is 13.0. The molecule has 2 aromatic rings. The first-order valence-corrected chi connectivity index (χ1v) is 5.77. The fourth-order valence-electron chi connectivity index (χ4n) is 2.05. The van der Waals surface area contributed by atoms with Crippen molar-refractivity contribution < 1.29 is 13.2 Å². The van der Waals surface area contributed by atoms with Gasteiger partial charge in [-0.2, -0.15) is 13.2 Å². The predicted molar refractivity (Wildman–Crippen MR) is 65.5 cm³/mol. The van der Waals surface area contributed by atoms with Gasteiger partial charge in [0, 0.05) is 17.6 Å². The Hall–Kier alpha value is -1.49. The van der Waals surface area contributed by atoms with E-state index in [9.17, 15) is 13.2 Å². The summed E-state index contributed by atoms with van der Waals surface area (Å²) in [6.45, 7) is 1.99. The maximum absolute atomic E-state index is 12.8. The van der Waals surface area contributed by atoms with Gasteiger partial charge in [-0.15, -0.1) is 0 Å². The van der Waals surface area contributed by atoms with Gasteiger partial charge in [0.1, 0.15) is 0 Å². The van der Waals surface area contributed by atoms with E-state index < -0.39 is 11.7 Å². The number of para-hydroxylation sites is 1. The number of fused-ring (bicyclic) bond motifs is 1. The van der Waals surface area contributed by atoms with Crippen molar-refractivity contribution in [1.82, 2.24) is 10.3 Å². The Balaban J connectivity index is 2.49. The van der Waals surface area contributed by atoms with E-state index in [4.69, 9.17) is 0 Å². The van der Waals surface area contributed by atoms with Gasteiger partial charge < -0.3 is 10.3 Å². The Morgan fingerprint density at radius 1 is 1.33 bits per heavy atom. The molecule has 0 aliphatic heterocycles. The lowest BCUT2D eigenvalue weighted by atomic mass is 10.0. The third kappa shape index (κ3) is 2.36. The van der Waals surface area contributed by atoms with Crippen molar-refractivity contribution in [2.45, 2.75) is 25.6 Å². The van der Waals surface area contributed by atoms with Crippen molar-refractivity contribution in [3.63, 3.8) is 0 Å². The standard InChI is InChI=1S/C13H15F3N2/c1-8(17-2)6-9-7-18-12-10(9)4-3-5-11(12)13(14,15)16/h3-5,7-8,17-18H,6H2,1-2H3. The number of H-pyrrole nitrogens is 1. The maximum Gasteiger partial charge on any atom is 0.418 e. The molecule has 2 rings (SSSR count). The number of likely N-dealkylation sites (N-methyl/N-ethyl adjacent to an activating group) is 1. The van der Waals surface area contributed by atoms with Gasteiger partial charge >= 0.3 is 6.18 Å². The molecule has 0 aliphatic rings. The predicted octanol–water partition coefficient (Wildman–Crippen LogP) is 3.34. The minimum absolute atomic E-state index is 0.170. The van der Waals surface area contributed by atoms with Gasteiger partial charge in [-0.05, 0) is 32.0 Å². The minimum atomic E-state index is -4.32. The third-order valence-corrected chi connectivity index (χ3v) is 3.13. The van der Waals surface area contributed by atoms with Crippen LogP contribution in [0.3, 0.4) is 0 Å². The van der Waals surface area contributed by atoms with E-state index in [1.807, 2.05) is 14.0 Å². The lowest BCUT2D eigenvalue weighted by molar-refractivity contribution is -0.136. The number of aromatic amines is 1. The minimum Gasteiger partial charge on any atom is -0.360 e. The van der Waals surface area contributed by atoms with E-state index in [0.29, 0.717) is 11.8 Å². The van der Waals surface area contributed by atoms with Crippen LogP contribution in [0, 0.1) is 0 Å². The highest BCUT2D eigenvalue weighted by Crippen LogP contribution is 2.35. The van der Waals surface area contributed by atoms with Crippen molar-refractivity contribution in [3.05, 3.63) is 35.5 Å². The van der Waals surface area contributed by atoms with Crippen molar-refractivity contribution in [2.24, 2.45) is 0 Å². The number of hydrogen-bond donors (Lipinski definition) is 2. The summed E-state index contributed by atoms with van der Waals surface area (Å²) in [5.41, 5.74) is 0.463.